The molecule has 25 heavy (non-hydrogen) atoms. The number of esters is 1. The smallest absolute Gasteiger partial charge is 0.308 e. The molecule has 1 aromatic rings. The van der Waals surface area contributed by atoms with E-state index < -0.39 is 0 Å². The van der Waals surface area contributed by atoms with E-state index in [1.807, 2.05) is 13.1 Å². The van der Waals surface area contributed by atoms with Gasteiger partial charge in [0, 0.05) is 36.6 Å². The highest BCUT2D eigenvalue weighted by atomic mass is 32.1. The molecule has 1 heterocycles. The Morgan fingerprint density at radius 3 is 2.72 bits per heavy atom. The van der Waals surface area contributed by atoms with Gasteiger partial charge in [0.15, 0.2) is 5.96 Å². The minimum Gasteiger partial charge on any atom is -0.466 e. The van der Waals surface area contributed by atoms with Gasteiger partial charge in [-0.3, -0.25) is 9.79 Å². The molecule has 0 aliphatic heterocycles. The van der Waals surface area contributed by atoms with E-state index >= 15 is 0 Å². The van der Waals surface area contributed by atoms with Gasteiger partial charge in [0.25, 0.3) is 0 Å². The van der Waals surface area contributed by atoms with Crippen molar-refractivity contribution in [3.8, 4) is 0 Å². The van der Waals surface area contributed by atoms with Crippen LogP contribution in [-0.2, 0) is 16.0 Å². The van der Waals surface area contributed by atoms with Crippen LogP contribution < -0.4 is 10.6 Å². The molecular formula is C18H30N4O2S. The highest BCUT2D eigenvalue weighted by Crippen LogP contribution is 2.25. The van der Waals surface area contributed by atoms with E-state index in [1.54, 1.807) is 11.3 Å². The van der Waals surface area contributed by atoms with E-state index in [-0.39, 0.29) is 11.9 Å². The van der Waals surface area contributed by atoms with Crippen LogP contribution in [0.2, 0.25) is 0 Å². The Bertz CT molecular complexity index is 565. The van der Waals surface area contributed by atoms with Crippen LogP contribution in [0, 0.1) is 12.8 Å². The molecule has 0 atom stereocenters. The van der Waals surface area contributed by atoms with Gasteiger partial charge in [-0.15, -0.1) is 11.3 Å². The van der Waals surface area contributed by atoms with E-state index in [9.17, 15) is 4.79 Å². The number of hydrogen-bond donors (Lipinski definition) is 2. The zero-order valence-electron chi connectivity index (χ0n) is 15.5. The maximum absolute atomic E-state index is 11.8. The molecule has 0 unspecified atom stereocenters. The molecule has 2 N–H and O–H groups in total. The third kappa shape index (κ3) is 6.65. The number of nitrogens with one attached hydrogen (secondary N) is 2. The molecule has 0 amide bonds. The molecule has 0 aromatic carbocycles. The number of carbonyl (C=O) groups excluding carboxylic acids is 1. The molecule has 1 saturated carbocycles. The molecule has 1 aliphatic rings. The predicted octanol–water partition coefficient (Wildman–Crippen LogP) is 2.67. The summed E-state index contributed by atoms with van der Waals surface area (Å²) in [6.07, 6.45) is 6.49. The van der Waals surface area contributed by atoms with E-state index in [0.717, 1.165) is 56.2 Å². The molecule has 0 radical (unpaired) electrons. The minimum atomic E-state index is -0.0414. The SMILES string of the molecule is CCNC(=NCCc1ncc(C)s1)NC1CCC(C(=O)OCC)CC1. The third-order valence-electron chi connectivity index (χ3n) is 4.30. The van der Waals surface area contributed by atoms with Gasteiger partial charge in [0.05, 0.1) is 17.5 Å². The Hall–Kier alpha value is -1.63. The molecule has 7 heteroatoms. The van der Waals surface area contributed by atoms with E-state index in [0.29, 0.717) is 12.6 Å². The lowest BCUT2D eigenvalue weighted by Gasteiger charge is -2.29. The lowest BCUT2D eigenvalue weighted by atomic mass is 9.86. The number of guanidine groups is 1. The van der Waals surface area contributed by atoms with Crippen molar-refractivity contribution in [3.63, 3.8) is 0 Å². The lowest BCUT2D eigenvalue weighted by Crippen LogP contribution is -2.45. The first-order chi connectivity index (χ1) is 12.1. The largest absolute Gasteiger partial charge is 0.466 e. The van der Waals surface area contributed by atoms with Crippen LogP contribution in [0.5, 0.6) is 0 Å². The molecule has 1 aromatic heterocycles. The van der Waals surface area contributed by atoms with E-state index in [4.69, 9.17) is 4.74 Å². The molecular weight excluding hydrogens is 336 g/mol. The van der Waals surface area contributed by atoms with Crippen molar-refractivity contribution >= 4 is 23.3 Å². The van der Waals surface area contributed by atoms with Gasteiger partial charge in [-0.05, 0) is 46.5 Å². The highest BCUT2D eigenvalue weighted by molar-refractivity contribution is 7.11. The number of ether oxygens (including phenoxy) is 1. The van der Waals surface area contributed by atoms with Gasteiger partial charge in [-0.2, -0.15) is 0 Å². The Kier molecular flexibility index (Phi) is 8.18. The zero-order chi connectivity index (χ0) is 18.1. The zero-order valence-corrected chi connectivity index (χ0v) is 16.3. The van der Waals surface area contributed by atoms with Gasteiger partial charge in [0.1, 0.15) is 0 Å². The highest BCUT2D eigenvalue weighted by Gasteiger charge is 2.27. The number of nitrogens with zero attached hydrogens (tertiary/aromatic N) is 2. The molecule has 1 fully saturated rings. The maximum atomic E-state index is 11.8. The Balaban J connectivity index is 1.78. The first kappa shape index (κ1) is 19.7. The maximum Gasteiger partial charge on any atom is 0.308 e. The summed E-state index contributed by atoms with van der Waals surface area (Å²) in [5.74, 6) is 0.876. The molecule has 2 rings (SSSR count). The van der Waals surface area contributed by atoms with Crippen molar-refractivity contribution in [1.29, 1.82) is 0 Å². The summed E-state index contributed by atoms with van der Waals surface area (Å²) >= 11 is 1.73. The fourth-order valence-electron chi connectivity index (χ4n) is 3.03. The van der Waals surface area contributed by atoms with Gasteiger partial charge in [-0.25, -0.2) is 4.98 Å². The van der Waals surface area contributed by atoms with Gasteiger partial charge >= 0.3 is 5.97 Å². The first-order valence-corrected chi connectivity index (χ1v) is 10.1. The fourth-order valence-corrected chi connectivity index (χ4v) is 3.80. The normalized spacial score (nSPS) is 21.0. The third-order valence-corrected chi connectivity index (χ3v) is 5.27. The Morgan fingerprint density at radius 1 is 1.36 bits per heavy atom. The lowest BCUT2D eigenvalue weighted by molar-refractivity contribution is -0.149. The fraction of sp³-hybridized carbons (Fsp3) is 0.722. The number of carbonyl (C=O) groups is 1. The van der Waals surface area contributed by atoms with Gasteiger partial charge in [0.2, 0.25) is 0 Å². The predicted molar refractivity (Wildman–Crippen MR) is 102 cm³/mol. The van der Waals surface area contributed by atoms with Crippen LogP contribution in [0.25, 0.3) is 0 Å². The van der Waals surface area contributed by atoms with Crippen molar-refractivity contribution in [1.82, 2.24) is 15.6 Å². The van der Waals surface area contributed by atoms with Crippen molar-refractivity contribution in [3.05, 3.63) is 16.1 Å². The second kappa shape index (κ2) is 10.4. The topological polar surface area (TPSA) is 75.6 Å². The number of aryl methyl sites for hydroxylation is 1. The van der Waals surface area contributed by atoms with Crippen molar-refractivity contribution in [2.45, 2.75) is 58.9 Å². The van der Waals surface area contributed by atoms with Crippen molar-refractivity contribution in [2.24, 2.45) is 10.9 Å². The average Bonchev–Trinajstić information content (AvgIpc) is 3.01. The quantitative estimate of drug-likeness (QED) is 0.441. The van der Waals surface area contributed by atoms with Crippen molar-refractivity contribution < 1.29 is 9.53 Å². The number of aliphatic imine (C=N–C) groups is 1. The van der Waals surface area contributed by atoms with Crippen LogP contribution in [0.3, 0.4) is 0 Å². The average molecular weight is 367 g/mol. The molecule has 140 valence electrons. The van der Waals surface area contributed by atoms with Crippen LogP contribution in [0.15, 0.2) is 11.2 Å². The van der Waals surface area contributed by atoms with E-state index in [2.05, 4.69) is 34.5 Å². The van der Waals surface area contributed by atoms with Crippen molar-refractivity contribution in [2.75, 3.05) is 19.7 Å². The molecule has 0 spiro atoms. The van der Waals surface area contributed by atoms with Crippen LogP contribution in [0.4, 0.5) is 0 Å². The first-order valence-electron chi connectivity index (χ1n) is 9.25. The summed E-state index contributed by atoms with van der Waals surface area (Å²) in [6, 6.07) is 0.366. The van der Waals surface area contributed by atoms with Crippen LogP contribution in [-0.4, -0.2) is 42.7 Å². The standard InChI is InChI=1S/C18H30N4O2S/c1-4-19-18(20-11-10-16-21-12-13(3)25-16)22-15-8-6-14(7-9-15)17(23)24-5-2/h12,14-15H,4-11H2,1-3H3,(H2,19,20,22). The van der Waals surface area contributed by atoms with Gasteiger partial charge < -0.3 is 15.4 Å². The Labute approximate surface area is 154 Å². The second-order valence-corrected chi connectivity index (χ2v) is 7.64. The number of thiazole rings is 1. The molecule has 0 bridgehead atoms. The summed E-state index contributed by atoms with van der Waals surface area (Å²) in [5, 5.41) is 7.95. The Morgan fingerprint density at radius 2 is 2.12 bits per heavy atom. The molecule has 1 aliphatic carbocycles. The summed E-state index contributed by atoms with van der Waals surface area (Å²) in [4.78, 5) is 22.1. The molecule has 6 nitrogen and oxygen atoms in total. The summed E-state index contributed by atoms with van der Waals surface area (Å²) in [7, 11) is 0. The number of rotatable bonds is 7. The summed E-state index contributed by atoms with van der Waals surface area (Å²) < 4.78 is 5.13. The number of aromatic nitrogens is 1. The number of hydrogen-bond acceptors (Lipinski definition) is 5. The summed E-state index contributed by atoms with van der Waals surface area (Å²) in [6.45, 7) is 8.02. The monoisotopic (exact) mass is 366 g/mol. The van der Waals surface area contributed by atoms with E-state index in [1.165, 1.54) is 4.88 Å². The minimum absolute atomic E-state index is 0.0414. The van der Waals surface area contributed by atoms with Crippen LogP contribution >= 0.6 is 11.3 Å². The summed E-state index contributed by atoms with van der Waals surface area (Å²) in [5.41, 5.74) is 0. The second-order valence-electron chi connectivity index (χ2n) is 6.32. The van der Waals surface area contributed by atoms with Gasteiger partial charge in [-0.1, -0.05) is 0 Å². The van der Waals surface area contributed by atoms with Crippen LogP contribution in [0.1, 0.15) is 49.4 Å². The molecule has 0 saturated heterocycles.